The highest BCUT2D eigenvalue weighted by atomic mass is 16.5. The van der Waals surface area contributed by atoms with E-state index in [9.17, 15) is 19.2 Å². The number of fused-ring (bicyclic) bond motifs is 1. The summed E-state index contributed by atoms with van der Waals surface area (Å²) in [6.45, 7) is 1.43. The number of esters is 1. The molecule has 1 aromatic carbocycles. The number of benzene rings is 1. The zero-order valence-corrected chi connectivity index (χ0v) is 13.2. The molecule has 1 unspecified atom stereocenters. The van der Waals surface area contributed by atoms with E-state index in [0.29, 0.717) is 11.1 Å². The average molecular weight is 318 g/mol. The molecule has 0 aliphatic carbocycles. The van der Waals surface area contributed by atoms with Crippen LogP contribution in [0.5, 0.6) is 0 Å². The predicted octanol–water partition coefficient (Wildman–Crippen LogP) is 0.550. The zero-order valence-electron chi connectivity index (χ0n) is 13.2. The van der Waals surface area contributed by atoms with Crippen LogP contribution < -0.4 is 0 Å². The zero-order chi connectivity index (χ0) is 17.1. The number of carbonyl (C=O) groups is 4. The summed E-state index contributed by atoms with van der Waals surface area (Å²) in [5.41, 5.74) is 0.603. The molecule has 0 spiro atoms. The van der Waals surface area contributed by atoms with Gasteiger partial charge in [0.25, 0.3) is 11.8 Å². The second-order valence-electron chi connectivity index (χ2n) is 5.44. The lowest BCUT2D eigenvalue weighted by molar-refractivity contribution is -0.146. The predicted molar refractivity (Wildman–Crippen MR) is 80.6 cm³/mol. The molecular weight excluding hydrogens is 300 g/mol. The van der Waals surface area contributed by atoms with Gasteiger partial charge in [0.05, 0.1) is 24.2 Å². The maximum Gasteiger partial charge on any atom is 0.310 e. The Labute approximate surface area is 133 Å². The van der Waals surface area contributed by atoms with Gasteiger partial charge < -0.3 is 9.64 Å². The van der Waals surface area contributed by atoms with Crippen molar-refractivity contribution in [2.24, 2.45) is 5.92 Å². The Bertz CT molecular complexity index is 635. The van der Waals surface area contributed by atoms with Gasteiger partial charge in [0.2, 0.25) is 5.91 Å². The third-order valence-corrected chi connectivity index (χ3v) is 3.75. The summed E-state index contributed by atoms with van der Waals surface area (Å²) < 4.78 is 4.61. The van der Waals surface area contributed by atoms with Crippen molar-refractivity contribution in [3.05, 3.63) is 35.4 Å². The van der Waals surface area contributed by atoms with Crippen LogP contribution >= 0.6 is 0 Å². The minimum absolute atomic E-state index is 0.147. The second kappa shape index (κ2) is 6.60. The van der Waals surface area contributed by atoms with Crippen LogP contribution in [0.4, 0.5) is 0 Å². The maximum atomic E-state index is 12.2. The molecule has 1 aliphatic heterocycles. The van der Waals surface area contributed by atoms with E-state index in [-0.39, 0.29) is 13.1 Å². The van der Waals surface area contributed by atoms with Crippen molar-refractivity contribution < 1.29 is 23.9 Å². The standard InChI is InChI=1S/C16H18N2O5/c1-10(16(22)23-3)8-17(2)13(19)9-18-14(20)11-6-4-5-7-12(11)15(18)21/h4-7,10H,8-9H2,1-3H3. The third-order valence-electron chi connectivity index (χ3n) is 3.75. The number of imide groups is 1. The summed E-state index contributed by atoms with van der Waals surface area (Å²) in [6, 6.07) is 6.45. The number of rotatable bonds is 5. The first-order valence-electron chi connectivity index (χ1n) is 7.13. The molecule has 0 fully saturated rings. The molecule has 0 N–H and O–H groups in total. The highest BCUT2D eigenvalue weighted by molar-refractivity contribution is 6.22. The van der Waals surface area contributed by atoms with Crippen molar-refractivity contribution in [2.75, 3.05) is 27.2 Å². The first-order chi connectivity index (χ1) is 10.9. The SMILES string of the molecule is COC(=O)C(C)CN(C)C(=O)CN1C(=O)c2ccccc2C1=O. The van der Waals surface area contributed by atoms with Gasteiger partial charge in [0.1, 0.15) is 6.54 Å². The van der Waals surface area contributed by atoms with Gasteiger partial charge in [-0.15, -0.1) is 0 Å². The van der Waals surface area contributed by atoms with E-state index in [1.54, 1.807) is 31.2 Å². The molecule has 7 nitrogen and oxygen atoms in total. The van der Waals surface area contributed by atoms with E-state index >= 15 is 0 Å². The quantitative estimate of drug-likeness (QED) is 0.585. The number of amides is 3. The summed E-state index contributed by atoms with van der Waals surface area (Å²) in [5, 5.41) is 0. The molecule has 0 saturated carbocycles. The van der Waals surface area contributed by atoms with Crippen LogP contribution in [0.1, 0.15) is 27.6 Å². The van der Waals surface area contributed by atoms with Crippen molar-refractivity contribution in [2.45, 2.75) is 6.92 Å². The van der Waals surface area contributed by atoms with Crippen LogP contribution in [-0.4, -0.2) is 60.7 Å². The Morgan fingerprint density at radius 1 is 1.17 bits per heavy atom. The summed E-state index contributed by atoms with van der Waals surface area (Å²) in [4.78, 5) is 50.2. The number of carbonyl (C=O) groups excluding carboxylic acids is 4. The van der Waals surface area contributed by atoms with Gasteiger partial charge in [-0.25, -0.2) is 0 Å². The number of nitrogens with zero attached hydrogens (tertiary/aromatic N) is 2. The average Bonchev–Trinajstić information content (AvgIpc) is 2.79. The van der Waals surface area contributed by atoms with E-state index in [1.807, 2.05) is 0 Å². The first-order valence-corrected chi connectivity index (χ1v) is 7.13. The molecule has 23 heavy (non-hydrogen) atoms. The summed E-state index contributed by atoms with van der Waals surface area (Å²) in [5.74, 6) is -2.29. The van der Waals surface area contributed by atoms with Crippen LogP contribution in [-0.2, 0) is 14.3 Å². The molecular formula is C16H18N2O5. The van der Waals surface area contributed by atoms with Crippen LogP contribution in [0.3, 0.4) is 0 Å². The monoisotopic (exact) mass is 318 g/mol. The smallest absolute Gasteiger partial charge is 0.310 e. The Morgan fingerprint density at radius 2 is 1.70 bits per heavy atom. The van der Waals surface area contributed by atoms with E-state index in [4.69, 9.17) is 0 Å². The lowest BCUT2D eigenvalue weighted by Crippen LogP contribution is -2.43. The van der Waals surface area contributed by atoms with Gasteiger partial charge in [0, 0.05) is 13.6 Å². The fourth-order valence-electron chi connectivity index (χ4n) is 2.43. The summed E-state index contributed by atoms with van der Waals surface area (Å²) >= 11 is 0. The summed E-state index contributed by atoms with van der Waals surface area (Å²) in [7, 11) is 2.79. The first kappa shape index (κ1) is 16.7. The minimum Gasteiger partial charge on any atom is -0.469 e. The number of methoxy groups -OCH3 is 1. The maximum absolute atomic E-state index is 12.2. The normalized spacial score (nSPS) is 14.5. The van der Waals surface area contributed by atoms with Crippen LogP contribution in [0.2, 0.25) is 0 Å². The number of ether oxygens (including phenoxy) is 1. The Balaban J connectivity index is 2.03. The highest BCUT2D eigenvalue weighted by Crippen LogP contribution is 2.22. The van der Waals surface area contributed by atoms with E-state index in [2.05, 4.69) is 4.74 Å². The molecule has 1 atom stereocenters. The molecule has 7 heteroatoms. The van der Waals surface area contributed by atoms with Crippen molar-refractivity contribution in [1.82, 2.24) is 9.80 Å². The summed E-state index contributed by atoms with van der Waals surface area (Å²) in [6.07, 6.45) is 0. The van der Waals surface area contributed by atoms with Gasteiger partial charge in [0.15, 0.2) is 0 Å². The highest BCUT2D eigenvalue weighted by Gasteiger charge is 2.36. The molecule has 122 valence electrons. The van der Waals surface area contributed by atoms with E-state index in [0.717, 1.165) is 4.90 Å². The Kier molecular flexibility index (Phi) is 4.78. The van der Waals surface area contributed by atoms with Crippen LogP contribution in [0.15, 0.2) is 24.3 Å². The lowest BCUT2D eigenvalue weighted by atomic mass is 10.1. The molecule has 1 heterocycles. The minimum atomic E-state index is -0.490. The van der Waals surface area contributed by atoms with E-state index in [1.165, 1.54) is 19.1 Å². The van der Waals surface area contributed by atoms with Gasteiger partial charge in [-0.1, -0.05) is 19.1 Å². The molecule has 3 amide bonds. The fraction of sp³-hybridized carbons (Fsp3) is 0.375. The van der Waals surface area contributed by atoms with Crippen molar-refractivity contribution in [3.63, 3.8) is 0 Å². The second-order valence-corrected chi connectivity index (χ2v) is 5.44. The van der Waals surface area contributed by atoms with Gasteiger partial charge in [-0.05, 0) is 12.1 Å². The Morgan fingerprint density at radius 3 is 2.17 bits per heavy atom. The van der Waals surface area contributed by atoms with Crippen molar-refractivity contribution >= 4 is 23.7 Å². The molecule has 0 aromatic heterocycles. The molecule has 0 saturated heterocycles. The molecule has 1 aliphatic rings. The van der Waals surface area contributed by atoms with Crippen LogP contribution in [0, 0.1) is 5.92 Å². The topological polar surface area (TPSA) is 84.0 Å². The lowest BCUT2D eigenvalue weighted by Gasteiger charge is -2.22. The van der Waals surface area contributed by atoms with Gasteiger partial charge in [-0.3, -0.25) is 24.1 Å². The molecule has 0 bridgehead atoms. The molecule has 0 radical (unpaired) electrons. The number of hydrogen-bond donors (Lipinski definition) is 0. The van der Waals surface area contributed by atoms with Crippen molar-refractivity contribution in [1.29, 1.82) is 0 Å². The van der Waals surface area contributed by atoms with Gasteiger partial charge in [-0.2, -0.15) is 0 Å². The van der Waals surface area contributed by atoms with Crippen molar-refractivity contribution in [3.8, 4) is 0 Å². The molecule has 1 aromatic rings. The molecule has 2 rings (SSSR count). The number of likely N-dealkylation sites (N-methyl/N-ethyl adjacent to an activating group) is 1. The third kappa shape index (κ3) is 3.23. The van der Waals surface area contributed by atoms with Crippen LogP contribution in [0.25, 0.3) is 0 Å². The fourth-order valence-corrected chi connectivity index (χ4v) is 2.43. The largest absolute Gasteiger partial charge is 0.469 e. The number of hydrogen-bond acceptors (Lipinski definition) is 5. The Hall–Kier alpha value is -2.70. The van der Waals surface area contributed by atoms with Gasteiger partial charge >= 0.3 is 5.97 Å². The van der Waals surface area contributed by atoms with E-state index < -0.39 is 29.6 Å².